The van der Waals surface area contributed by atoms with Gasteiger partial charge in [-0.3, -0.25) is 19.3 Å². The number of nitrogens with zero attached hydrogens (tertiary/aromatic N) is 2. The number of amidine groups is 1. The molecule has 1 fully saturated rings. The number of anilines is 1. The summed E-state index contributed by atoms with van der Waals surface area (Å²) in [6, 6.07) is 14.1. The summed E-state index contributed by atoms with van der Waals surface area (Å²) in [5.74, 6) is 11.1. The van der Waals surface area contributed by atoms with Crippen molar-refractivity contribution in [2.24, 2.45) is 16.8 Å². The van der Waals surface area contributed by atoms with Gasteiger partial charge in [-0.15, -0.1) is 0 Å². The zero-order chi connectivity index (χ0) is 25.2. The Bertz CT molecular complexity index is 1120. The number of carbonyl (C=O) groups excluding carboxylic acids is 3. The van der Waals surface area contributed by atoms with Crippen LogP contribution >= 0.6 is 11.8 Å². The van der Waals surface area contributed by atoms with E-state index in [1.807, 2.05) is 31.2 Å². The molecule has 3 rings (SSSR count). The van der Waals surface area contributed by atoms with Crippen LogP contribution in [-0.4, -0.2) is 40.9 Å². The molecular weight excluding hydrogens is 468 g/mol. The number of ether oxygens (including phenoxy) is 1. The van der Waals surface area contributed by atoms with E-state index in [0.29, 0.717) is 35.0 Å². The van der Waals surface area contributed by atoms with Crippen molar-refractivity contribution < 1.29 is 19.1 Å². The van der Waals surface area contributed by atoms with E-state index in [4.69, 9.17) is 16.4 Å². The lowest BCUT2D eigenvalue weighted by molar-refractivity contribution is -0.123. The average Bonchev–Trinajstić information content (AvgIpc) is 3.12. The summed E-state index contributed by atoms with van der Waals surface area (Å²) >= 11 is 0.898. The molecule has 0 aliphatic carbocycles. The van der Waals surface area contributed by atoms with Gasteiger partial charge in [0.05, 0.1) is 11.5 Å². The van der Waals surface area contributed by atoms with Gasteiger partial charge < -0.3 is 21.3 Å². The summed E-state index contributed by atoms with van der Waals surface area (Å²) < 4.78 is 5.56. The van der Waals surface area contributed by atoms with Crippen LogP contribution in [0.3, 0.4) is 0 Å². The Kier molecular flexibility index (Phi) is 9.27. The predicted octanol–water partition coefficient (Wildman–Crippen LogP) is 3.01. The van der Waals surface area contributed by atoms with Crippen LogP contribution < -0.4 is 27.2 Å². The number of nitrogens with two attached hydrogens (primary N) is 2. The van der Waals surface area contributed by atoms with Crippen LogP contribution in [0.25, 0.3) is 6.08 Å². The number of hydrogen-bond donors (Lipinski definition) is 4. The number of rotatable bonds is 10. The molecule has 1 saturated heterocycles. The standard InChI is InChI=1S/C24H28N6O4S/c1-2-14-34-19-11-5-16(6-12-19)15-20-23(32)30(24(33)35-20)13-3-4-21(31)27-18-9-7-17(8-10-18)22(28-25)29-26/h5-12,15H,2-4,13-14,25-26H2,1H3,(H,27,31)(H,28,29)/b20-15-. The molecule has 0 bridgehead atoms. The van der Waals surface area contributed by atoms with Gasteiger partial charge in [-0.1, -0.05) is 19.1 Å². The molecule has 2 aromatic carbocycles. The van der Waals surface area contributed by atoms with Crippen molar-refractivity contribution in [3.05, 3.63) is 64.6 Å². The molecule has 11 heteroatoms. The van der Waals surface area contributed by atoms with Gasteiger partial charge in [0.1, 0.15) is 5.75 Å². The molecule has 1 aliphatic heterocycles. The quantitative estimate of drug-likeness (QED) is 0.129. The van der Waals surface area contributed by atoms with Crippen molar-refractivity contribution in [2.75, 3.05) is 18.5 Å². The highest BCUT2D eigenvalue weighted by atomic mass is 32.2. The second kappa shape index (κ2) is 12.6. The molecule has 0 radical (unpaired) electrons. The van der Waals surface area contributed by atoms with E-state index < -0.39 is 0 Å². The fourth-order valence-corrected chi connectivity index (χ4v) is 4.12. The smallest absolute Gasteiger partial charge is 0.293 e. The summed E-state index contributed by atoms with van der Waals surface area (Å²) in [7, 11) is 0. The third-order valence-corrected chi connectivity index (χ3v) is 5.93. The maximum absolute atomic E-state index is 12.7. The van der Waals surface area contributed by atoms with Crippen LogP contribution in [-0.2, 0) is 9.59 Å². The van der Waals surface area contributed by atoms with Crippen LogP contribution in [0.2, 0.25) is 0 Å². The lowest BCUT2D eigenvalue weighted by atomic mass is 10.2. The van der Waals surface area contributed by atoms with Gasteiger partial charge in [0.2, 0.25) is 5.91 Å². The monoisotopic (exact) mass is 496 g/mol. The molecule has 0 aromatic heterocycles. The zero-order valence-electron chi connectivity index (χ0n) is 19.3. The number of hydrogen-bond acceptors (Lipinski definition) is 8. The van der Waals surface area contributed by atoms with E-state index in [9.17, 15) is 14.4 Å². The van der Waals surface area contributed by atoms with Crippen molar-refractivity contribution in [1.29, 1.82) is 0 Å². The fourth-order valence-electron chi connectivity index (χ4n) is 3.25. The molecule has 0 unspecified atom stereocenters. The van der Waals surface area contributed by atoms with E-state index in [1.54, 1.807) is 30.3 Å². The van der Waals surface area contributed by atoms with E-state index in [1.165, 1.54) is 4.90 Å². The topological polar surface area (TPSA) is 152 Å². The Balaban J connectivity index is 1.49. The third kappa shape index (κ3) is 7.08. The first-order valence-electron chi connectivity index (χ1n) is 11.1. The minimum Gasteiger partial charge on any atom is -0.494 e. The van der Waals surface area contributed by atoms with Crippen molar-refractivity contribution in [2.45, 2.75) is 26.2 Å². The number of thioether (sulfide) groups is 1. The van der Waals surface area contributed by atoms with E-state index in [-0.39, 0.29) is 30.0 Å². The van der Waals surface area contributed by atoms with Crippen LogP contribution in [0.15, 0.2) is 58.5 Å². The van der Waals surface area contributed by atoms with E-state index >= 15 is 0 Å². The molecule has 0 saturated carbocycles. The highest BCUT2D eigenvalue weighted by molar-refractivity contribution is 8.18. The molecule has 6 N–H and O–H groups in total. The van der Waals surface area contributed by atoms with E-state index in [0.717, 1.165) is 29.5 Å². The molecule has 3 amide bonds. The molecule has 10 nitrogen and oxygen atoms in total. The maximum atomic E-state index is 12.7. The first-order valence-corrected chi connectivity index (χ1v) is 11.9. The number of hydrazone groups is 1. The molecule has 1 aliphatic rings. The lowest BCUT2D eigenvalue weighted by Crippen LogP contribution is -2.32. The van der Waals surface area contributed by atoms with Crippen LogP contribution in [0, 0.1) is 0 Å². The number of amides is 3. The molecule has 2 aromatic rings. The van der Waals surface area contributed by atoms with Gasteiger partial charge in [-0.05, 0) is 72.6 Å². The zero-order valence-corrected chi connectivity index (χ0v) is 20.1. The second-order valence-electron chi connectivity index (χ2n) is 7.60. The van der Waals surface area contributed by atoms with Crippen molar-refractivity contribution in [1.82, 2.24) is 10.3 Å². The molecular formula is C24H28N6O4S. The summed E-state index contributed by atoms with van der Waals surface area (Å²) in [5, 5.41) is 5.95. The summed E-state index contributed by atoms with van der Waals surface area (Å²) in [6.45, 7) is 2.84. The number of carbonyl (C=O) groups is 3. The van der Waals surface area contributed by atoms with Gasteiger partial charge in [-0.25, -0.2) is 5.84 Å². The Hall–Kier alpha value is -3.83. The summed E-state index contributed by atoms with van der Waals surface area (Å²) in [6.07, 6.45) is 3.11. The third-order valence-electron chi connectivity index (χ3n) is 5.02. The molecule has 0 atom stereocenters. The number of imide groups is 1. The Morgan fingerprint density at radius 3 is 2.49 bits per heavy atom. The number of benzene rings is 2. The second-order valence-corrected chi connectivity index (χ2v) is 8.60. The molecule has 184 valence electrons. The fraction of sp³-hybridized carbons (Fsp3) is 0.250. The number of nitrogens with one attached hydrogen (secondary N) is 2. The minimum absolute atomic E-state index is 0.154. The first-order chi connectivity index (χ1) is 16.9. The van der Waals surface area contributed by atoms with Gasteiger partial charge in [0, 0.05) is 24.2 Å². The maximum Gasteiger partial charge on any atom is 0.293 e. The van der Waals surface area contributed by atoms with Crippen LogP contribution in [0.4, 0.5) is 10.5 Å². The Labute approximate surface area is 207 Å². The first kappa shape index (κ1) is 25.8. The summed E-state index contributed by atoms with van der Waals surface area (Å²) in [5.41, 5.74) is 4.44. The van der Waals surface area contributed by atoms with Gasteiger partial charge in [0.25, 0.3) is 11.1 Å². The highest BCUT2D eigenvalue weighted by Crippen LogP contribution is 2.32. The van der Waals surface area contributed by atoms with Crippen LogP contribution in [0.1, 0.15) is 37.3 Å². The van der Waals surface area contributed by atoms with Crippen molar-refractivity contribution in [3.63, 3.8) is 0 Å². The van der Waals surface area contributed by atoms with Gasteiger partial charge >= 0.3 is 0 Å². The highest BCUT2D eigenvalue weighted by Gasteiger charge is 2.34. The Morgan fingerprint density at radius 2 is 1.86 bits per heavy atom. The largest absolute Gasteiger partial charge is 0.494 e. The van der Waals surface area contributed by atoms with Crippen molar-refractivity contribution in [3.8, 4) is 5.75 Å². The van der Waals surface area contributed by atoms with Gasteiger partial charge in [0.15, 0.2) is 5.84 Å². The van der Waals surface area contributed by atoms with E-state index in [2.05, 4.69) is 15.8 Å². The van der Waals surface area contributed by atoms with Gasteiger partial charge in [-0.2, -0.15) is 5.10 Å². The number of hydrazine groups is 1. The summed E-state index contributed by atoms with van der Waals surface area (Å²) in [4.78, 5) is 38.8. The van der Waals surface area contributed by atoms with Crippen molar-refractivity contribution >= 4 is 46.4 Å². The lowest BCUT2D eigenvalue weighted by Gasteiger charge is -2.12. The molecule has 0 spiro atoms. The SMILES string of the molecule is CCCOc1ccc(/C=C2\SC(=O)N(CCCC(=O)Nc3ccc(/C(=N/N)NN)cc3)C2=O)cc1. The molecule has 1 heterocycles. The normalized spacial score (nSPS) is 15.0. The van der Waals surface area contributed by atoms with Crippen LogP contribution in [0.5, 0.6) is 5.75 Å². The predicted molar refractivity (Wildman–Crippen MR) is 137 cm³/mol. The molecule has 35 heavy (non-hydrogen) atoms. The minimum atomic E-state index is -0.354. The average molecular weight is 497 g/mol. The Morgan fingerprint density at radius 1 is 1.14 bits per heavy atom.